The van der Waals surface area contributed by atoms with Gasteiger partial charge >= 0.3 is 0 Å². The summed E-state index contributed by atoms with van der Waals surface area (Å²) in [5.74, 6) is 0. The molecule has 6 nitrogen and oxygen atoms in total. The molecule has 0 unspecified atom stereocenters. The number of fused-ring (bicyclic) bond motifs is 1. The summed E-state index contributed by atoms with van der Waals surface area (Å²) >= 11 is 0. The molecule has 6 heteroatoms. The van der Waals surface area contributed by atoms with Gasteiger partial charge in [0.2, 0.25) is 0 Å². The average molecular weight is 414 g/mol. The number of hydrogen-bond acceptors (Lipinski definition) is 5. The molecule has 1 fully saturated rings. The normalized spacial score (nSPS) is 15.5. The van der Waals surface area contributed by atoms with Gasteiger partial charge in [-0.15, -0.1) is 0 Å². The zero-order valence-electron chi connectivity index (χ0n) is 17.5. The van der Waals surface area contributed by atoms with Gasteiger partial charge in [0, 0.05) is 74.3 Å². The number of aromatic amines is 1. The molecular formula is C25H27N5O. The lowest BCUT2D eigenvalue weighted by atomic mass is 9.90. The van der Waals surface area contributed by atoms with E-state index in [9.17, 15) is 5.11 Å². The molecule has 0 aliphatic carbocycles. The number of aliphatic hydroxyl groups is 1. The summed E-state index contributed by atoms with van der Waals surface area (Å²) in [7, 11) is 0. The van der Waals surface area contributed by atoms with E-state index in [1.165, 1.54) is 16.6 Å². The lowest BCUT2D eigenvalue weighted by Gasteiger charge is -2.38. The van der Waals surface area contributed by atoms with E-state index < -0.39 is 5.60 Å². The SMILES string of the molecule is OC(CCN1CCN(c2cccc3[nH]ccc23)CC1)(c1ccccn1)c1ccccn1. The molecule has 2 N–H and O–H groups in total. The summed E-state index contributed by atoms with van der Waals surface area (Å²) in [5.41, 5.74) is 2.56. The first-order chi connectivity index (χ1) is 15.2. The van der Waals surface area contributed by atoms with Crippen LogP contribution in [0.4, 0.5) is 5.69 Å². The Morgan fingerprint density at radius 1 is 0.839 bits per heavy atom. The number of nitrogens with zero attached hydrogens (tertiary/aromatic N) is 4. The third-order valence-electron chi connectivity index (χ3n) is 6.25. The van der Waals surface area contributed by atoms with Crippen molar-refractivity contribution in [1.82, 2.24) is 19.9 Å². The van der Waals surface area contributed by atoms with Gasteiger partial charge in [0.1, 0.15) is 5.60 Å². The Balaban J connectivity index is 1.28. The van der Waals surface area contributed by atoms with Crippen LogP contribution in [0.3, 0.4) is 0 Å². The predicted octanol–water partition coefficient (Wildman–Crippen LogP) is 3.41. The number of hydrogen-bond donors (Lipinski definition) is 2. The Hall–Kier alpha value is -3.22. The van der Waals surface area contributed by atoms with Crippen LogP contribution in [-0.2, 0) is 5.60 Å². The highest BCUT2D eigenvalue weighted by Gasteiger charge is 2.35. The molecule has 31 heavy (non-hydrogen) atoms. The molecule has 0 saturated carbocycles. The third-order valence-corrected chi connectivity index (χ3v) is 6.25. The van der Waals surface area contributed by atoms with Crippen molar-refractivity contribution >= 4 is 16.6 Å². The van der Waals surface area contributed by atoms with Crippen molar-refractivity contribution in [2.75, 3.05) is 37.6 Å². The molecular weight excluding hydrogens is 386 g/mol. The maximum atomic E-state index is 11.6. The minimum Gasteiger partial charge on any atom is -0.377 e. The van der Waals surface area contributed by atoms with Crippen molar-refractivity contribution in [3.05, 3.63) is 90.6 Å². The maximum absolute atomic E-state index is 11.6. The number of rotatable bonds is 6. The Bertz CT molecular complexity index is 1080. The molecule has 5 rings (SSSR count). The Morgan fingerprint density at radius 2 is 1.55 bits per heavy atom. The van der Waals surface area contributed by atoms with Gasteiger partial charge in [0.25, 0.3) is 0 Å². The Labute approximate surface area is 182 Å². The smallest absolute Gasteiger partial charge is 0.149 e. The molecule has 4 aromatic rings. The highest BCUT2D eigenvalue weighted by atomic mass is 16.3. The van der Waals surface area contributed by atoms with Crippen molar-refractivity contribution in [1.29, 1.82) is 0 Å². The summed E-state index contributed by atoms with van der Waals surface area (Å²) in [4.78, 5) is 17.1. The molecule has 3 aromatic heterocycles. The van der Waals surface area contributed by atoms with Gasteiger partial charge in [-0.3, -0.25) is 14.9 Å². The van der Waals surface area contributed by atoms with Crippen LogP contribution in [-0.4, -0.2) is 57.7 Å². The van der Waals surface area contributed by atoms with Crippen molar-refractivity contribution in [3.63, 3.8) is 0 Å². The molecule has 0 radical (unpaired) electrons. The van der Waals surface area contributed by atoms with E-state index in [0.717, 1.165) is 32.7 Å². The van der Waals surface area contributed by atoms with E-state index in [1.807, 2.05) is 42.6 Å². The van der Waals surface area contributed by atoms with E-state index in [-0.39, 0.29) is 0 Å². The number of nitrogens with one attached hydrogen (secondary N) is 1. The number of anilines is 1. The van der Waals surface area contributed by atoms with Gasteiger partial charge < -0.3 is 15.0 Å². The van der Waals surface area contributed by atoms with E-state index in [1.54, 1.807) is 12.4 Å². The number of pyridine rings is 2. The summed E-state index contributed by atoms with van der Waals surface area (Å²) < 4.78 is 0. The second-order valence-corrected chi connectivity index (χ2v) is 8.08. The molecule has 0 spiro atoms. The van der Waals surface area contributed by atoms with Gasteiger partial charge in [-0.05, 0) is 42.5 Å². The van der Waals surface area contributed by atoms with Crippen LogP contribution in [0, 0.1) is 0 Å². The zero-order valence-corrected chi connectivity index (χ0v) is 17.5. The van der Waals surface area contributed by atoms with Crippen molar-refractivity contribution in [3.8, 4) is 0 Å². The minimum absolute atomic E-state index is 0.550. The summed E-state index contributed by atoms with van der Waals surface area (Å²) in [6, 6.07) is 19.9. The van der Waals surface area contributed by atoms with Gasteiger partial charge in [0.15, 0.2) is 0 Å². The van der Waals surface area contributed by atoms with Crippen LogP contribution in [0.1, 0.15) is 17.8 Å². The number of aromatic nitrogens is 3. The lowest BCUT2D eigenvalue weighted by molar-refractivity contribution is 0.0484. The van der Waals surface area contributed by atoms with E-state index in [2.05, 4.69) is 49.0 Å². The molecule has 1 aliphatic heterocycles. The fraction of sp³-hybridized carbons (Fsp3) is 0.280. The van der Waals surface area contributed by atoms with Crippen molar-refractivity contribution < 1.29 is 5.11 Å². The van der Waals surface area contributed by atoms with Gasteiger partial charge in [-0.25, -0.2) is 0 Å². The van der Waals surface area contributed by atoms with Crippen molar-refractivity contribution in [2.24, 2.45) is 0 Å². The molecule has 1 aromatic carbocycles. The fourth-order valence-corrected chi connectivity index (χ4v) is 4.48. The second-order valence-electron chi connectivity index (χ2n) is 8.08. The van der Waals surface area contributed by atoms with Crippen LogP contribution in [0.25, 0.3) is 10.9 Å². The number of benzene rings is 1. The standard InChI is InChI=1S/C25H27N5O/c31-25(23-8-1-3-12-27-23,24-9-2-4-13-28-24)11-15-29-16-18-30(19-17-29)22-7-5-6-21-20(22)10-14-26-21/h1-10,12-14,26,31H,11,15-19H2. The van der Waals surface area contributed by atoms with Crippen LogP contribution in [0.2, 0.25) is 0 Å². The quantitative estimate of drug-likeness (QED) is 0.507. The van der Waals surface area contributed by atoms with Gasteiger partial charge in [-0.1, -0.05) is 18.2 Å². The first kappa shape index (κ1) is 19.7. The number of H-pyrrole nitrogens is 1. The summed E-state index contributed by atoms with van der Waals surface area (Å²) in [5, 5.41) is 12.9. The van der Waals surface area contributed by atoms with Gasteiger partial charge in [-0.2, -0.15) is 0 Å². The minimum atomic E-state index is -1.20. The van der Waals surface area contributed by atoms with Crippen LogP contribution in [0.5, 0.6) is 0 Å². The molecule has 1 saturated heterocycles. The third kappa shape index (κ3) is 3.92. The highest BCUT2D eigenvalue weighted by molar-refractivity contribution is 5.92. The molecule has 1 aliphatic rings. The van der Waals surface area contributed by atoms with E-state index >= 15 is 0 Å². The van der Waals surface area contributed by atoms with Crippen molar-refractivity contribution in [2.45, 2.75) is 12.0 Å². The average Bonchev–Trinajstić information content (AvgIpc) is 3.33. The highest BCUT2D eigenvalue weighted by Crippen LogP contribution is 2.31. The van der Waals surface area contributed by atoms with Crippen LogP contribution in [0.15, 0.2) is 79.3 Å². The predicted molar refractivity (Wildman–Crippen MR) is 123 cm³/mol. The molecule has 0 bridgehead atoms. The van der Waals surface area contributed by atoms with Crippen LogP contribution < -0.4 is 4.90 Å². The molecule has 158 valence electrons. The fourth-order valence-electron chi connectivity index (χ4n) is 4.48. The Kier molecular flexibility index (Phi) is 5.40. The molecule has 4 heterocycles. The largest absolute Gasteiger partial charge is 0.377 e. The first-order valence-electron chi connectivity index (χ1n) is 10.8. The Morgan fingerprint density at radius 3 is 2.19 bits per heavy atom. The van der Waals surface area contributed by atoms with E-state index in [0.29, 0.717) is 17.8 Å². The summed E-state index contributed by atoms with van der Waals surface area (Å²) in [6.45, 7) is 4.64. The second kappa shape index (κ2) is 8.49. The van der Waals surface area contributed by atoms with Gasteiger partial charge in [0.05, 0.1) is 11.4 Å². The number of piperazine rings is 1. The maximum Gasteiger partial charge on any atom is 0.149 e. The van der Waals surface area contributed by atoms with Crippen LogP contribution >= 0.6 is 0 Å². The zero-order chi connectivity index (χ0) is 21.1. The first-order valence-corrected chi connectivity index (χ1v) is 10.8. The topological polar surface area (TPSA) is 68.3 Å². The lowest BCUT2D eigenvalue weighted by Crippen LogP contribution is -2.48. The van der Waals surface area contributed by atoms with E-state index in [4.69, 9.17) is 0 Å². The molecule has 0 amide bonds. The monoisotopic (exact) mass is 413 g/mol. The molecule has 0 atom stereocenters. The summed E-state index contributed by atoms with van der Waals surface area (Å²) in [6.07, 6.45) is 6.00.